The minimum Gasteiger partial charge on any atom is -0.378 e. The van der Waals surface area contributed by atoms with Gasteiger partial charge in [-0.25, -0.2) is 19.4 Å². The molecular weight excluding hydrogens is 406 g/mol. The molecule has 2 amide bonds. The van der Waals surface area contributed by atoms with Crippen LogP contribution in [0.5, 0.6) is 0 Å². The molecule has 0 bridgehead atoms. The van der Waals surface area contributed by atoms with Gasteiger partial charge in [-0.3, -0.25) is 0 Å². The second-order valence-electron chi connectivity index (χ2n) is 8.56. The molecule has 4 heterocycles. The number of carbonyl (C=O) groups is 1. The van der Waals surface area contributed by atoms with Crippen LogP contribution in [0, 0.1) is 0 Å². The molecule has 2 saturated heterocycles. The summed E-state index contributed by atoms with van der Waals surface area (Å²) in [7, 11) is 3.59. The average molecular weight is 436 g/mol. The van der Waals surface area contributed by atoms with Crippen LogP contribution in [0.2, 0.25) is 0 Å². The molecule has 0 spiro atoms. The quantitative estimate of drug-likeness (QED) is 0.629. The fourth-order valence-electron chi connectivity index (χ4n) is 4.50. The second-order valence-corrected chi connectivity index (χ2v) is 8.56. The number of amides is 2. The van der Waals surface area contributed by atoms with Gasteiger partial charge in [0.05, 0.1) is 30.8 Å². The van der Waals surface area contributed by atoms with E-state index in [0.29, 0.717) is 19.0 Å². The number of hydrogen-bond donors (Lipinski definition) is 0. The fourth-order valence-corrected chi connectivity index (χ4v) is 4.50. The number of piperidine rings is 1. The molecule has 2 aliphatic heterocycles. The van der Waals surface area contributed by atoms with Crippen molar-refractivity contribution in [3.8, 4) is 11.4 Å². The first-order chi connectivity index (χ1) is 15.6. The molecular formula is C23H29N7O2. The number of urea groups is 1. The van der Waals surface area contributed by atoms with Crippen molar-refractivity contribution >= 4 is 22.9 Å². The lowest BCUT2D eigenvalue weighted by Gasteiger charge is -2.33. The highest BCUT2D eigenvalue weighted by Gasteiger charge is 2.28. The smallest absolute Gasteiger partial charge is 0.319 e. The minimum absolute atomic E-state index is 0.0667. The average Bonchev–Trinajstić information content (AvgIpc) is 3.28. The van der Waals surface area contributed by atoms with Gasteiger partial charge in [0, 0.05) is 45.8 Å². The maximum Gasteiger partial charge on any atom is 0.319 e. The number of anilines is 1. The van der Waals surface area contributed by atoms with E-state index in [1.165, 1.54) is 0 Å². The molecule has 0 unspecified atom stereocenters. The van der Waals surface area contributed by atoms with E-state index < -0.39 is 0 Å². The van der Waals surface area contributed by atoms with E-state index in [-0.39, 0.29) is 12.1 Å². The van der Waals surface area contributed by atoms with Crippen molar-refractivity contribution < 1.29 is 9.53 Å². The standard InChI is InChI=1S/C23H29N7O2/c1-27(2)23(31)29-10-8-18(9-11-29)30-22-19(16-24-30)21(28-12-14-32-15-13-28)25-20(26-22)17-6-4-3-5-7-17/h3-7,16,18H,8-15H2,1-2H3. The van der Waals surface area contributed by atoms with Crippen LogP contribution < -0.4 is 4.90 Å². The molecule has 0 N–H and O–H groups in total. The van der Waals surface area contributed by atoms with Gasteiger partial charge in [-0.15, -0.1) is 0 Å². The highest BCUT2D eigenvalue weighted by atomic mass is 16.5. The van der Waals surface area contributed by atoms with E-state index >= 15 is 0 Å². The van der Waals surface area contributed by atoms with E-state index in [1.807, 2.05) is 46.1 Å². The lowest BCUT2D eigenvalue weighted by Crippen LogP contribution is -2.44. The summed E-state index contributed by atoms with van der Waals surface area (Å²) < 4.78 is 7.60. The maximum atomic E-state index is 12.3. The molecule has 0 saturated carbocycles. The van der Waals surface area contributed by atoms with Crippen molar-refractivity contribution in [2.45, 2.75) is 18.9 Å². The zero-order chi connectivity index (χ0) is 22.1. The predicted molar refractivity (Wildman–Crippen MR) is 123 cm³/mol. The van der Waals surface area contributed by atoms with E-state index in [0.717, 1.165) is 61.4 Å². The third kappa shape index (κ3) is 3.88. The molecule has 0 atom stereocenters. The Morgan fingerprint density at radius 3 is 2.44 bits per heavy atom. The number of likely N-dealkylation sites (tertiary alicyclic amines) is 1. The highest BCUT2D eigenvalue weighted by molar-refractivity contribution is 5.89. The normalized spacial score (nSPS) is 17.7. The summed E-state index contributed by atoms with van der Waals surface area (Å²) in [4.78, 5) is 28.0. The van der Waals surface area contributed by atoms with Crippen LogP contribution in [0.25, 0.3) is 22.4 Å². The molecule has 0 aliphatic carbocycles. The van der Waals surface area contributed by atoms with Crippen molar-refractivity contribution in [1.29, 1.82) is 0 Å². The van der Waals surface area contributed by atoms with E-state index in [1.54, 1.807) is 19.0 Å². The Kier molecular flexibility index (Phi) is 5.65. The molecule has 0 radical (unpaired) electrons. The molecule has 2 aliphatic rings. The molecule has 3 aromatic rings. The number of aromatic nitrogens is 4. The molecule has 5 rings (SSSR count). The van der Waals surface area contributed by atoms with Gasteiger partial charge in [0.2, 0.25) is 0 Å². The van der Waals surface area contributed by atoms with Crippen molar-refractivity contribution in [2.24, 2.45) is 0 Å². The summed E-state index contributed by atoms with van der Waals surface area (Å²) in [6, 6.07) is 10.4. The summed E-state index contributed by atoms with van der Waals surface area (Å²) in [5.41, 5.74) is 1.85. The first-order valence-corrected chi connectivity index (χ1v) is 11.2. The van der Waals surface area contributed by atoms with Gasteiger partial charge in [0.1, 0.15) is 5.82 Å². The number of benzene rings is 1. The van der Waals surface area contributed by atoms with Gasteiger partial charge >= 0.3 is 6.03 Å². The zero-order valence-corrected chi connectivity index (χ0v) is 18.6. The second kappa shape index (κ2) is 8.74. The third-order valence-electron chi connectivity index (χ3n) is 6.24. The Morgan fingerprint density at radius 2 is 1.75 bits per heavy atom. The van der Waals surface area contributed by atoms with Gasteiger partial charge < -0.3 is 19.4 Å². The van der Waals surface area contributed by atoms with Gasteiger partial charge in [-0.2, -0.15) is 5.10 Å². The molecule has 168 valence electrons. The Hall–Kier alpha value is -3.20. The predicted octanol–water partition coefficient (Wildman–Crippen LogP) is 2.65. The first kappa shape index (κ1) is 20.7. The van der Waals surface area contributed by atoms with Crippen LogP contribution >= 0.6 is 0 Å². The van der Waals surface area contributed by atoms with Crippen LogP contribution in [0.1, 0.15) is 18.9 Å². The number of carbonyl (C=O) groups excluding carboxylic acids is 1. The molecule has 9 heteroatoms. The molecule has 32 heavy (non-hydrogen) atoms. The number of morpholine rings is 1. The van der Waals surface area contributed by atoms with E-state index in [9.17, 15) is 4.79 Å². The van der Waals surface area contributed by atoms with E-state index in [4.69, 9.17) is 19.8 Å². The van der Waals surface area contributed by atoms with E-state index in [2.05, 4.69) is 4.90 Å². The number of hydrogen-bond acceptors (Lipinski definition) is 6. The molecule has 1 aromatic carbocycles. The zero-order valence-electron chi connectivity index (χ0n) is 18.6. The Morgan fingerprint density at radius 1 is 1.03 bits per heavy atom. The largest absolute Gasteiger partial charge is 0.378 e. The van der Waals surface area contributed by atoms with Gasteiger partial charge in [-0.05, 0) is 12.8 Å². The number of nitrogens with zero attached hydrogens (tertiary/aromatic N) is 7. The van der Waals surface area contributed by atoms with Crippen molar-refractivity contribution in [3.63, 3.8) is 0 Å². The Labute approximate surface area is 187 Å². The van der Waals surface area contributed by atoms with Crippen LogP contribution in [-0.4, -0.2) is 89.1 Å². The molecule has 2 fully saturated rings. The van der Waals surface area contributed by atoms with Crippen LogP contribution in [-0.2, 0) is 4.74 Å². The lowest BCUT2D eigenvalue weighted by atomic mass is 10.1. The van der Waals surface area contributed by atoms with Crippen molar-refractivity contribution in [2.75, 3.05) is 58.4 Å². The topological polar surface area (TPSA) is 79.6 Å². The Balaban J connectivity index is 1.51. The summed E-state index contributed by atoms with van der Waals surface area (Å²) in [6.45, 7) is 4.43. The van der Waals surface area contributed by atoms with Crippen LogP contribution in [0.4, 0.5) is 10.6 Å². The number of fused-ring (bicyclic) bond motifs is 1. The SMILES string of the molecule is CN(C)C(=O)N1CCC(n2ncc3c(N4CCOCC4)nc(-c4ccccc4)nc32)CC1. The first-order valence-electron chi connectivity index (χ1n) is 11.2. The number of ether oxygens (including phenoxy) is 1. The molecule has 2 aromatic heterocycles. The third-order valence-corrected chi connectivity index (χ3v) is 6.24. The Bertz CT molecular complexity index is 1080. The summed E-state index contributed by atoms with van der Waals surface area (Å²) in [5.74, 6) is 1.63. The van der Waals surface area contributed by atoms with Crippen molar-refractivity contribution in [1.82, 2.24) is 29.5 Å². The highest BCUT2D eigenvalue weighted by Crippen LogP contribution is 2.32. The lowest BCUT2D eigenvalue weighted by molar-refractivity contribution is 0.122. The van der Waals surface area contributed by atoms with Gasteiger partial charge in [0.25, 0.3) is 0 Å². The minimum atomic E-state index is 0.0667. The summed E-state index contributed by atoms with van der Waals surface area (Å²) in [6.07, 6.45) is 3.61. The summed E-state index contributed by atoms with van der Waals surface area (Å²) in [5, 5.41) is 5.73. The monoisotopic (exact) mass is 435 g/mol. The van der Waals surface area contributed by atoms with Gasteiger partial charge in [-0.1, -0.05) is 30.3 Å². The maximum absolute atomic E-state index is 12.3. The van der Waals surface area contributed by atoms with Gasteiger partial charge in [0.15, 0.2) is 11.5 Å². The number of rotatable bonds is 3. The van der Waals surface area contributed by atoms with Crippen LogP contribution in [0.15, 0.2) is 36.5 Å². The van der Waals surface area contributed by atoms with Crippen molar-refractivity contribution in [3.05, 3.63) is 36.5 Å². The summed E-state index contributed by atoms with van der Waals surface area (Å²) >= 11 is 0. The fraction of sp³-hybridized carbons (Fsp3) is 0.478. The van der Waals surface area contributed by atoms with Crippen LogP contribution in [0.3, 0.4) is 0 Å². The molecule has 9 nitrogen and oxygen atoms in total.